The molecule has 1 atom stereocenters. The first-order chi connectivity index (χ1) is 9.13. The quantitative estimate of drug-likeness (QED) is 0.896. The Hall–Kier alpha value is -1.04. The molecule has 0 fully saturated rings. The van der Waals surface area contributed by atoms with Crippen molar-refractivity contribution in [2.45, 2.75) is 13.0 Å². The molecule has 102 valence electrons. The van der Waals surface area contributed by atoms with Crippen molar-refractivity contribution in [2.24, 2.45) is 5.73 Å². The first-order valence-electron chi connectivity index (χ1n) is 5.89. The number of benzene rings is 1. The van der Waals surface area contributed by atoms with Gasteiger partial charge in [0.25, 0.3) is 0 Å². The standard InChI is InChI=1S/C14H16BrNO2S/c1-9-3-4-11(12(5-9)17-2)18-13(7-16)14-6-10(15)8-19-14/h3-6,8,13H,7,16H2,1-2H3. The zero-order valence-electron chi connectivity index (χ0n) is 10.9. The molecule has 19 heavy (non-hydrogen) atoms. The molecule has 0 aliphatic carbocycles. The molecule has 2 rings (SSSR count). The fraction of sp³-hybridized carbons (Fsp3) is 0.286. The summed E-state index contributed by atoms with van der Waals surface area (Å²) in [6.45, 7) is 2.44. The minimum absolute atomic E-state index is 0.159. The van der Waals surface area contributed by atoms with Crippen molar-refractivity contribution in [3.05, 3.63) is 44.6 Å². The zero-order chi connectivity index (χ0) is 13.8. The summed E-state index contributed by atoms with van der Waals surface area (Å²) in [5, 5.41) is 2.02. The highest BCUT2D eigenvalue weighted by Crippen LogP contribution is 2.34. The number of rotatable bonds is 5. The molecular weight excluding hydrogens is 326 g/mol. The van der Waals surface area contributed by atoms with Crippen molar-refractivity contribution >= 4 is 27.3 Å². The van der Waals surface area contributed by atoms with Gasteiger partial charge < -0.3 is 15.2 Å². The molecule has 0 saturated carbocycles. The Morgan fingerprint density at radius 2 is 2.11 bits per heavy atom. The number of hydrogen-bond acceptors (Lipinski definition) is 4. The summed E-state index contributed by atoms with van der Waals surface area (Å²) in [6.07, 6.45) is -0.159. The Labute approximate surface area is 125 Å². The average molecular weight is 342 g/mol. The third kappa shape index (κ3) is 3.49. The topological polar surface area (TPSA) is 44.5 Å². The van der Waals surface area contributed by atoms with Gasteiger partial charge in [-0.1, -0.05) is 6.07 Å². The largest absolute Gasteiger partial charge is 0.493 e. The number of nitrogens with two attached hydrogens (primary N) is 1. The molecule has 0 saturated heterocycles. The Morgan fingerprint density at radius 1 is 1.32 bits per heavy atom. The molecule has 0 radical (unpaired) electrons. The average Bonchev–Trinajstić information content (AvgIpc) is 2.83. The molecule has 0 aliphatic rings. The van der Waals surface area contributed by atoms with E-state index in [1.165, 1.54) is 0 Å². The number of hydrogen-bond donors (Lipinski definition) is 1. The summed E-state index contributed by atoms with van der Waals surface area (Å²) >= 11 is 5.07. The van der Waals surface area contributed by atoms with Crippen LogP contribution in [-0.2, 0) is 0 Å². The summed E-state index contributed by atoms with van der Waals surface area (Å²) in [5.41, 5.74) is 6.94. The van der Waals surface area contributed by atoms with E-state index in [1.54, 1.807) is 18.4 Å². The maximum atomic E-state index is 5.98. The van der Waals surface area contributed by atoms with E-state index < -0.39 is 0 Å². The van der Waals surface area contributed by atoms with Gasteiger partial charge in [-0.3, -0.25) is 0 Å². The second-order valence-corrected chi connectivity index (χ2v) is 6.02. The van der Waals surface area contributed by atoms with Crippen LogP contribution in [0, 0.1) is 6.92 Å². The lowest BCUT2D eigenvalue weighted by molar-refractivity contribution is 0.208. The number of thiophene rings is 1. The van der Waals surface area contributed by atoms with E-state index in [2.05, 4.69) is 15.9 Å². The van der Waals surface area contributed by atoms with Crippen LogP contribution in [-0.4, -0.2) is 13.7 Å². The van der Waals surface area contributed by atoms with Gasteiger partial charge in [0.15, 0.2) is 11.5 Å². The maximum Gasteiger partial charge on any atom is 0.162 e. The molecular formula is C14H16BrNO2S. The summed E-state index contributed by atoms with van der Waals surface area (Å²) in [4.78, 5) is 1.09. The van der Waals surface area contributed by atoms with Crippen LogP contribution >= 0.6 is 27.3 Å². The number of halogens is 1. The molecule has 0 amide bonds. The van der Waals surface area contributed by atoms with Crippen molar-refractivity contribution in [2.75, 3.05) is 13.7 Å². The second kappa shape index (κ2) is 6.41. The maximum absolute atomic E-state index is 5.98. The van der Waals surface area contributed by atoms with Gasteiger partial charge in [0.2, 0.25) is 0 Å². The van der Waals surface area contributed by atoms with Crippen LogP contribution < -0.4 is 15.2 Å². The highest BCUT2D eigenvalue weighted by Gasteiger charge is 2.16. The van der Waals surface area contributed by atoms with Crippen molar-refractivity contribution < 1.29 is 9.47 Å². The number of methoxy groups -OCH3 is 1. The smallest absolute Gasteiger partial charge is 0.162 e. The predicted molar refractivity (Wildman–Crippen MR) is 82.2 cm³/mol. The first-order valence-corrected chi connectivity index (χ1v) is 7.56. The number of ether oxygens (including phenoxy) is 2. The third-order valence-corrected chi connectivity index (χ3v) is 4.49. The van der Waals surface area contributed by atoms with Crippen molar-refractivity contribution in [3.8, 4) is 11.5 Å². The van der Waals surface area contributed by atoms with Crippen LogP contribution in [0.4, 0.5) is 0 Å². The zero-order valence-corrected chi connectivity index (χ0v) is 13.3. The molecule has 2 N–H and O–H groups in total. The van der Waals surface area contributed by atoms with Gasteiger partial charge in [-0.15, -0.1) is 11.3 Å². The normalized spacial score (nSPS) is 12.2. The summed E-state index contributed by atoms with van der Waals surface area (Å²) < 4.78 is 12.4. The molecule has 3 nitrogen and oxygen atoms in total. The molecule has 0 spiro atoms. The fourth-order valence-electron chi connectivity index (χ4n) is 1.74. The molecule has 5 heteroatoms. The molecule has 2 aromatic rings. The lowest BCUT2D eigenvalue weighted by Gasteiger charge is -2.18. The Balaban J connectivity index is 2.23. The molecule has 1 aromatic heterocycles. The Kier molecular flexibility index (Phi) is 4.85. The van der Waals surface area contributed by atoms with E-state index in [4.69, 9.17) is 15.2 Å². The number of aryl methyl sites for hydroxylation is 1. The van der Waals surface area contributed by atoms with Crippen molar-refractivity contribution in [1.29, 1.82) is 0 Å². The monoisotopic (exact) mass is 341 g/mol. The molecule has 0 bridgehead atoms. The van der Waals surface area contributed by atoms with Gasteiger partial charge in [-0.05, 0) is 46.6 Å². The second-order valence-electron chi connectivity index (χ2n) is 4.16. The predicted octanol–water partition coefficient (Wildman–Crippen LogP) is 3.91. The minimum atomic E-state index is -0.159. The van der Waals surface area contributed by atoms with E-state index >= 15 is 0 Å². The Morgan fingerprint density at radius 3 is 2.68 bits per heavy atom. The minimum Gasteiger partial charge on any atom is -0.493 e. The van der Waals surface area contributed by atoms with Crippen molar-refractivity contribution in [3.63, 3.8) is 0 Å². The van der Waals surface area contributed by atoms with Crippen LogP contribution in [0.15, 0.2) is 34.1 Å². The molecule has 1 heterocycles. The fourth-order valence-corrected chi connectivity index (χ4v) is 3.23. The summed E-state index contributed by atoms with van der Waals surface area (Å²) in [5.74, 6) is 1.45. The Bertz CT molecular complexity index is 556. The lowest BCUT2D eigenvalue weighted by atomic mass is 10.2. The van der Waals surface area contributed by atoms with Gasteiger partial charge in [0, 0.05) is 21.3 Å². The van der Waals surface area contributed by atoms with Gasteiger partial charge in [0.05, 0.1) is 7.11 Å². The van der Waals surface area contributed by atoms with Crippen LogP contribution in [0.25, 0.3) is 0 Å². The summed E-state index contributed by atoms with van der Waals surface area (Å²) in [7, 11) is 1.64. The molecule has 1 aromatic carbocycles. The van der Waals surface area contributed by atoms with Gasteiger partial charge in [-0.25, -0.2) is 0 Å². The molecule has 1 unspecified atom stereocenters. The van der Waals surface area contributed by atoms with Gasteiger partial charge >= 0.3 is 0 Å². The van der Waals surface area contributed by atoms with Crippen LogP contribution in [0.3, 0.4) is 0 Å². The third-order valence-electron chi connectivity index (χ3n) is 2.71. The first kappa shape index (κ1) is 14.4. The highest BCUT2D eigenvalue weighted by molar-refractivity contribution is 9.10. The van der Waals surface area contributed by atoms with E-state index in [9.17, 15) is 0 Å². The van der Waals surface area contributed by atoms with Crippen LogP contribution in [0.5, 0.6) is 11.5 Å². The lowest BCUT2D eigenvalue weighted by Crippen LogP contribution is -2.17. The SMILES string of the molecule is COc1cc(C)ccc1OC(CN)c1cc(Br)cs1. The van der Waals surface area contributed by atoms with E-state index in [0.717, 1.165) is 20.7 Å². The van der Waals surface area contributed by atoms with Crippen LogP contribution in [0.2, 0.25) is 0 Å². The van der Waals surface area contributed by atoms with E-state index in [0.29, 0.717) is 12.3 Å². The van der Waals surface area contributed by atoms with Gasteiger partial charge in [0.1, 0.15) is 6.10 Å². The van der Waals surface area contributed by atoms with Gasteiger partial charge in [-0.2, -0.15) is 0 Å². The van der Waals surface area contributed by atoms with E-state index in [-0.39, 0.29) is 6.10 Å². The van der Waals surface area contributed by atoms with Crippen LogP contribution in [0.1, 0.15) is 16.5 Å². The highest BCUT2D eigenvalue weighted by atomic mass is 79.9. The summed E-state index contributed by atoms with van der Waals surface area (Å²) in [6, 6.07) is 7.89. The van der Waals surface area contributed by atoms with Crippen molar-refractivity contribution in [1.82, 2.24) is 0 Å². The van der Waals surface area contributed by atoms with E-state index in [1.807, 2.05) is 36.6 Å². The molecule has 0 aliphatic heterocycles.